The number of hydrogen-bond acceptors (Lipinski definition) is 1. The summed E-state index contributed by atoms with van der Waals surface area (Å²) in [6.45, 7) is 3.76. The maximum absolute atomic E-state index is 9.41. The van der Waals surface area contributed by atoms with E-state index in [-0.39, 0.29) is 0 Å². The molecule has 0 spiro atoms. The number of halogens is 1. The molecule has 0 bridgehead atoms. The Kier molecular flexibility index (Phi) is 7.16. The van der Waals surface area contributed by atoms with Gasteiger partial charge in [0, 0.05) is 5.33 Å². The normalized spacial score (nSPS) is 12.0. The molecule has 0 amide bonds. The number of unbranched alkanes of at least 4 members (excludes halogenated alkanes) is 4. The highest BCUT2D eigenvalue weighted by Crippen LogP contribution is 2.14. The first-order chi connectivity index (χ1) is 5.56. The molecule has 0 saturated carbocycles. The van der Waals surface area contributed by atoms with Crippen molar-refractivity contribution in [2.24, 2.45) is 0 Å². The molecule has 0 rings (SSSR count). The summed E-state index contributed by atoms with van der Waals surface area (Å²) in [5.74, 6) is 0. The van der Waals surface area contributed by atoms with E-state index >= 15 is 0 Å². The molecular weight excluding hydrogens is 216 g/mol. The van der Waals surface area contributed by atoms with Crippen LogP contribution in [0.1, 0.15) is 52.4 Å². The zero-order valence-corrected chi connectivity index (χ0v) is 9.86. The van der Waals surface area contributed by atoms with Crippen LogP contribution < -0.4 is 0 Å². The third-order valence-electron chi connectivity index (χ3n) is 1.92. The standard InChI is InChI=1S/C10H21BrO/c1-10(2,12)8-6-4-3-5-7-9-11/h12H,3-9H2,1-2H3. The zero-order valence-electron chi connectivity index (χ0n) is 8.27. The molecule has 0 aromatic heterocycles. The van der Waals surface area contributed by atoms with Crippen LogP contribution in [0.4, 0.5) is 0 Å². The molecule has 1 N–H and O–H groups in total. The van der Waals surface area contributed by atoms with Crippen LogP contribution in [0, 0.1) is 0 Å². The maximum Gasteiger partial charge on any atom is 0.0591 e. The lowest BCUT2D eigenvalue weighted by molar-refractivity contribution is 0.0680. The van der Waals surface area contributed by atoms with Crippen LogP contribution in [-0.2, 0) is 0 Å². The van der Waals surface area contributed by atoms with Crippen LogP contribution in [0.2, 0.25) is 0 Å². The van der Waals surface area contributed by atoms with Gasteiger partial charge in [0.15, 0.2) is 0 Å². The molecule has 0 heterocycles. The van der Waals surface area contributed by atoms with Gasteiger partial charge >= 0.3 is 0 Å². The molecule has 0 aliphatic heterocycles. The molecule has 12 heavy (non-hydrogen) atoms. The van der Waals surface area contributed by atoms with E-state index in [1.165, 1.54) is 25.7 Å². The van der Waals surface area contributed by atoms with Gasteiger partial charge in [0.2, 0.25) is 0 Å². The smallest absolute Gasteiger partial charge is 0.0591 e. The quantitative estimate of drug-likeness (QED) is 0.530. The van der Waals surface area contributed by atoms with Crippen LogP contribution in [0.25, 0.3) is 0 Å². The zero-order chi connectivity index (χ0) is 9.45. The first-order valence-electron chi connectivity index (χ1n) is 4.84. The van der Waals surface area contributed by atoms with E-state index in [0.29, 0.717) is 0 Å². The van der Waals surface area contributed by atoms with Crippen molar-refractivity contribution in [3.05, 3.63) is 0 Å². The highest BCUT2D eigenvalue weighted by Gasteiger charge is 2.10. The van der Waals surface area contributed by atoms with Crippen molar-refractivity contribution in [2.45, 2.75) is 58.0 Å². The summed E-state index contributed by atoms with van der Waals surface area (Å²) in [6.07, 6.45) is 7.26. The summed E-state index contributed by atoms with van der Waals surface area (Å²) in [6, 6.07) is 0. The van der Waals surface area contributed by atoms with Crippen LogP contribution in [0.5, 0.6) is 0 Å². The number of alkyl halides is 1. The van der Waals surface area contributed by atoms with Crippen LogP contribution in [0.15, 0.2) is 0 Å². The largest absolute Gasteiger partial charge is 0.390 e. The fourth-order valence-corrected chi connectivity index (χ4v) is 1.58. The van der Waals surface area contributed by atoms with Gasteiger partial charge in [0.25, 0.3) is 0 Å². The van der Waals surface area contributed by atoms with Gasteiger partial charge in [0.1, 0.15) is 0 Å². The molecule has 0 unspecified atom stereocenters. The number of hydrogen-bond donors (Lipinski definition) is 1. The third-order valence-corrected chi connectivity index (χ3v) is 2.48. The minimum absolute atomic E-state index is 0.463. The molecule has 0 aliphatic carbocycles. The Hall–Kier alpha value is 0.440. The van der Waals surface area contributed by atoms with Gasteiger partial charge in [-0.25, -0.2) is 0 Å². The predicted molar refractivity (Wildman–Crippen MR) is 57.8 cm³/mol. The molecule has 0 aromatic carbocycles. The van der Waals surface area contributed by atoms with Gasteiger partial charge in [0.05, 0.1) is 5.60 Å². The van der Waals surface area contributed by atoms with E-state index < -0.39 is 5.60 Å². The maximum atomic E-state index is 9.41. The average Bonchev–Trinajstić information content (AvgIpc) is 1.94. The molecule has 0 aromatic rings. The number of rotatable bonds is 7. The second kappa shape index (κ2) is 6.90. The molecule has 74 valence electrons. The summed E-state index contributed by atoms with van der Waals surface area (Å²) in [5.41, 5.74) is -0.463. The average molecular weight is 237 g/mol. The van der Waals surface area contributed by atoms with E-state index in [2.05, 4.69) is 15.9 Å². The third kappa shape index (κ3) is 10.4. The fraction of sp³-hybridized carbons (Fsp3) is 1.00. The first kappa shape index (κ1) is 12.4. The summed E-state index contributed by atoms with van der Waals surface area (Å²) < 4.78 is 0. The number of aliphatic hydroxyl groups is 1. The van der Waals surface area contributed by atoms with Gasteiger partial charge in [-0.15, -0.1) is 0 Å². The van der Waals surface area contributed by atoms with E-state index in [0.717, 1.165) is 18.2 Å². The first-order valence-corrected chi connectivity index (χ1v) is 5.97. The Morgan fingerprint density at radius 2 is 1.50 bits per heavy atom. The molecule has 0 fully saturated rings. The van der Waals surface area contributed by atoms with Crippen LogP contribution in [0.3, 0.4) is 0 Å². The molecule has 0 atom stereocenters. The van der Waals surface area contributed by atoms with Crippen molar-refractivity contribution in [3.63, 3.8) is 0 Å². The molecule has 2 heteroatoms. The van der Waals surface area contributed by atoms with Crippen molar-refractivity contribution in [1.82, 2.24) is 0 Å². The lowest BCUT2D eigenvalue weighted by Gasteiger charge is -2.16. The van der Waals surface area contributed by atoms with Crippen molar-refractivity contribution in [1.29, 1.82) is 0 Å². The Bertz CT molecular complexity index is 96.5. The van der Waals surface area contributed by atoms with Crippen molar-refractivity contribution in [2.75, 3.05) is 5.33 Å². The lowest BCUT2D eigenvalue weighted by Crippen LogP contribution is -2.17. The van der Waals surface area contributed by atoms with Crippen molar-refractivity contribution >= 4 is 15.9 Å². The lowest BCUT2D eigenvalue weighted by atomic mass is 10.0. The Morgan fingerprint density at radius 1 is 1.00 bits per heavy atom. The predicted octanol–water partition coefficient (Wildman–Crippen LogP) is 3.49. The molecule has 0 saturated heterocycles. The minimum atomic E-state index is -0.463. The van der Waals surface area contributed by atoms with Gasteiger partial charge in [-0.1, -0.05) is 41.6 Å². The van der Waals surface area contributed by atoms with E-state index in [4.69, 9.17) is 0 Å². The van der Waals surface area contributed by atoms with E-state index in [1.807, 2.05) is 13.8 Å². The summed E-state index contributed by atoms with van der Waals surface area (Å²) in [4.78, 5) is 0. The SMILES string of the molecule is CC(C)(O)CCCCCCCBr. The van der Waals surface area contributed by atoms with Crippen LogP contribution in [-0.4, -0.2) is 16.0 Å². The molecule has 0 aliphatic rings. The second-order valence-corrected chi connectivity index (χ2v) is 4.81. The monoisotopic (exact) mass is 236 g/mol. The van der Waals surface area contributed by atoms with Crippen LogP contribution >= 0.6 is 15.9 Å². The Labute approximate surface area is 84.7 Å². The van der Waals surface area contributed by atoms with E-state index in [9.17, 15) is 5.11 Å². The summed E-state index contributed by atoms with van der Waals surface area (Å²) in [5, 5.41) is 10.5. The van der Waals surface area contributed by atoms with Gasteiger partial charge < -0.3 is 5.11 Å². The molecule has 1 nitrogen and oxygen atoms in total. The van der Waals surface area contributed by atoms with Gasteiger partial charge in [-0.3, -0.25) is 0 Å². The van der Waals surface area contributed by atoms with Gasteiger partial charge in [-0.05, 0) is 26.7 Å². The molecular formula is C10H21BrO. The molecule has 0 radical (unpaired) electrons. The fourth-order valence-electron chi connectivity index (χ4n) is 1.18. The van der Waals surface area contributed by atoms with Gasteiger partial charge in [-0.2, -0.15) is 0 Å². The second-order valence-electron chi connectivity index (χ2n) is 4.02. The van der Waals surface area contributed by atoms with Crippen molar-refractivity contribution in [3.8, 4) is 0 Å². The Balaban J connectivity index is 3.01. The topological polar surface area (TPSA) is 20.2 Å². The minimum Gasteiger partial charge on any atom is -0.390 e. The Morgan fingerprint density at radius 3 is 2.00 bits per heavy atom. The summed E-state index contributed by atoms with van der Waals surface area (Å²) in [7, 11) is 0. The van der Waals surface area contributed by atoms with E-state index in [1.54, 1.807) is 0 Å². The highest BCUT2D eigenvalue weighted by molar-refractivity contribution is 9.09. The highest BCUT2D eigenvalue weighted by atomic mass is 79.9. The summed E-state index contributed by atoms with van der Waals surface area (Å²) >= 11 is 3.41. The van der Waals surface area contributed by atoms with Crippen molar-refractivity contribution < 1.29 is 5.11 Å².